The van der Waals surface area contributed by atoms with Gasteiger partial charge in [-0.2, -0.15) is 5.10 Å². The Balaban J connectivity index is 1.51. The lowest BCUT2D eigenvalue weighted by atomic mass is 9.94. The van der Waals surface area contributed by atoms with E-state index in [9.17, 15) is 4.79 Å². The molecule has 0 spiro atoms. The third kappa shape index (κ3) is 5.68. The molecular formula is C30H33N3O2S2. The second-order valence-corrected chi connectivity index (χ2v) is 11.9. The zero-order chi connectivity index (χ0) is 25.9. The number of nitrogens with zero attached hydrogens (tertiary/aromatic N) is 3. The van der Waals surface area contributed by atoms with E-state index in [1.165, 1.54) is 18.2 Å². The summed E-state index contributed by atoms with van der Waals surface area (Å²) < 4.78 is 8.54. The maximum Gasteiger partial charge on any atom is 0.266 e. The molecule has 192 valence electrons. The summed E-state index contributed by atoms with van der Waals surface area (Å²) in [5.41, 5.74) is 4.72. The monoisotopic (exact) mass is 531 g/mol. The predicted molar refractivity (Wildman–Crippen MR) is 156 cm³/mol. The molecule has 2 aliphatic rings. The molecule has 37 heavy (non-hydrogen) atoms. The third-order valence-electron chi connectivity index (χ3n) is 6.83. The van der Waals surface area contributed by atoms with Crippen LogP contribution in [-0.2, 0) is 4.79 Å². The standard InChI is InChI=1S/C30H33N3O2S2/c1-20(2)19-35-26-15-14-22(16-21(26)3)28-23(18-32(31-28)24-10-6-4-7-11-24)17-27-29(34)33(30(36)37-27)25-12-8-5-9-13-25/h4,6-7,10-11,14-18,20,25H,5,8-9,12-13,19H2,1-3H3. The number of thioether (sulfide) groups is 1. The van der Waals surface area contributed by atoms with Crippen LogP contribution in [0.15, 0.2) is 59.6 Å². The van der Waals surface area contributed by atoms with Gasteiger partial charge in [0.15, 0.2) is 0 Å². The predicted octanol–water partition coefficient (Wildman–Crippen LogP) is 7.42. The van der Waals surface area contributed by atoms with E-state index < -0.39 is 0 Å². The minimum absolute atomic E-state index is 0.0222. The number of ether oxygens (including phenoxy) is 1. The molecule has 0 bridgehead atoms. The molecule has 1 aromatic heterocycles. The maximum atomic E-state index is 13.5. The first-order valence-electron chi connectivity index (χ1n) is 13.1. The number of carbonyl (C=O) groups excluding carboxylic acids is 1. The first-order chi connectivity index (χ1) is 17.9. The largest absolute Gasteiger partial charge is 0.493 e. The van der Waals surface area contributed by atoms with Crippen molar-refractivity contribution in [3.05, 3.63) is 70.8 Å². The normalized spacial score (nSPS) is 17.8. The zero-order valence-corrected chi connectivity index (χ0v) is 23.3. The van der Waals surface area contributed by atoms with Crippen LogP contribution in [0.4, 0.5) is 0 Å². The van der Waals surface area contributed by atoms with Crippen molar-refractivity contribution < 1.29 is 9.53 Å². The van der Waals surface area contributed by atoms with Gasteiger partial charge in [-0.25, -0.2) is 4.68 Å². The van der Waals surface area contributed by atoms with Crippen molar-refractivity contribution in [1.29, 1.82) is 0 Å². The quantitative estimate of drug-likeness (QED) is 0.235. The van der Waals surface area contributed by atoms with Crippen LogP contribution in [0.3, 0.4) is 0 Å². The average Bonchev–Trinajstić information content (AvgIpc) is 3.44. The Hall–Kier alpha value is -2.90. The fourth-order valence-corrected chi connectivity index (χ4v) is 6.31. The number of hydrogen-bond donors (Lipinski definition) is 0. The molecule has 7 heteroatoms. The molecule has 1 amide bonds. The Morgan fingerprint density at radius 3 is 2.59 bits per heavy atom. The van der Waals surface area contributed by atoms with Gasteiger partial charge in [-0.05, 0) is 67.7 Å². The molecular weight excluding hydrogens is 498 g/mol. The molecule has 2 aromatic carbocycles. The number of hydrogen-bond acceptors (Lipinski definition) is 5. The van der Waals surface area contributed by atoms with E-state index in [1.807, 2.05) is 64.3 Å². The third-order valence-corrected chi connectivity index (χ3v) is 8.16. The van der Waals surface area contributed by atoms with Crippen LogP contribution in [0.25, 0.3) is 23.0 Å². The molecule has 2 fully saturated rings. The summed E-state index contributed by atoms with van der Waals surface area (Å²) in [7, 11) is 0. The zero-order valence-electron chi connectivity index (χ0n) is 21.6. The van der Waals surface area contributed by atoms with E-state index in [1.54, 1.807) is 0 Å². The van der Waals surface area contributed by atoms with E-state index in [0.717, 1.165) is 59.5 Å². The summed E-state index contributed by atoms with van der Waals surface area (Å²) in [5, 5.41) is 4.95. The summed E-state index contributed by atoms with van der Waals surface area (Å²) in [4.78, 5) is 16.0. The van der Waals surface area contributed by atoms with Gasteiger partial charge in [0.25, 0.3) is 5.91 Å². The van der Waals surface area contributed by atoms with Crippen molar-refractivity contribution >= 4 is 40.3 Å². The molecule has 2 heterocycles. The molecule has 0 unspecified atom stereocenters. The maximum absolute atomic E-state index is 13.5. The van der Waals surface area contributed by atoms with Crippen LogP contribution in [0, 0.1) is 12.8 Å². The Kier molecular flexibility index (Phi) is 7.81. The molecule has 0 radical (unpaired) electrons. The van der Waals surface area contributed by atoms with Gasteiger partial charge in [0.05, 0.1) is 17.2 Å². The highest BCUT2D eigenvalue weighted by Gasteiger charge is 2.37. The molecule has 1 saturated carbocycles. The highest BCUT2D eigenvalue weighted by molar-refractivity contribution is 8.26. The first-order valence-corrected chi connectivity index (χ1v) is 14.3. The highest BCUT2D eigenvalue weighted by atomic mass is 32.2. The SMILES string of the molecule is Cc1cc(-c2nn(-c3ccccc3)cc2C=C2SC(=S)N(C3CCCCC3)C2=O)ccc1OCC(C)C. The number of para-hydroxylation sites is 1. The fourth-order valence-electron chi connectivity index (χ4n) is 4.92. The fraction of sp³-hybridized carbons (Fsp3) is 0.367. The number of carbonyl (C=O) groups is 1. The van der Waals surface area contributed by atoms with Gasteiger partial charge in [-0.1, -0.05) is 75.3 Å². The van der Waals surface area contributed by atoms with E-state index in [0.29, 0.717) is 21.8 Å². The lowest BCUT2D eigenvalue weighted by Crippen LogP contribution is -2.39. The average molecular weight is 532 g/mol. The van der Waals surface area contributed by atoms with E-state index >= 15 is 0 Å². The van der Waals surface area contributed by atoms with Crippen molar-refractivity contribution in [2.75, 3.05) is 6.61 Å². The molecule has 0 atom stereocenters. The number of thiocarbonyl (C=S) groups is 1. The molecule has 1 aliphatic heterocycles. The molecule has 3 aromatic rings. The molecule has 1 saturated heterocycles. The van der Waals surface area contributed by atoms with E-state index in [-0.39, 0.29) is 11.9 Å². The Bertz CT molecular complexity index is 1320. The highest BCUT2D eigenvalue weighted by Crippen LogP contribution is 2.39. The second-order valence-electron chi connectivity index (χ2n) is 10.2. The van der Waals surface area contributed by atoms with Gasteiger partial charge in [0, 0.05) is 23.4 Å². The Labute approximate surface area is 228 Å². The number of aromatic nitrogens is 2. The minimum atomic E-state index is 0.0222. The number of aryl methyl sites for hydroxylation is 1. The van der Waals surface area contributed by atoms with E-state index in [4.69, 9.17) is 22.1 Å². The van der Waals surface area contributed by atoms with Crippen LogP contribution in [0.1, 0.15) is 57.1 Å². The van der Waals surface area contributed by atoms with Crippen LogP contribution in [0.5, 0.6) is 5.75 Å². The van der Waals surface area contributed by atoms with E-state index in [2.05, 4.69) is 26.8 Å². The topological polar surface area (TPSA) is 47.4 Å². The van der Waals surface area contributed by atoms with Crippen molar-refractivity contribution in [3.8, 4) is 22.7 Å². The van der Waals surface area contributed by atoms with Crippen LogP contribution in [-0.4, -0.2) is 37.6 Å². The number of amides is 1. The van der Waals surface area contributed by atoms with Gasteiger partial charge < -0.3 is 4.74 Å². The van der Waals surface area contributed by atoms with Gasteiger partial charge in [-0.15, -0.1) is 0 Å². The van der Waals surface area contributed by atoms with Crippen molar-refractivity contribution in [3.63, 3.8) is 0 Å². The Morgan fingerprint density at radius 1 is 1.14 bits per heavy atom. The molecule has 5 nitrogen and oxygen atoms in total. The summed E-state index contributed by atoms with van der Waals surface area (Å²) in [6.07, 6.45) is 9.57. The summed E-state index contributed by atoms with van der Waals surface area (Å²) in [6, 6.07) is 16.4. The number of rotatable bonds is 7. The van der Waals surface area contributed by atoms with Crippen molar-refractivity contribution in [2.45, 2.75) is 58.9 Å². The van der Waals surface area contributed by atoms with Gasteiger partial charge in [0.2, 0.25) is 0 Å². The lowest BCUT2D eigenvalue weighted by molar-refractivity contribution is -0.124. The first kappa shape index (κ1) is 25.7. The van der Waals surface area contributed by atoms with Crippen molar-refractivity contribution in [2.24, 2.45) is 5.92 Å². The minimum Gasteiger partial charge on any atom is -0.493 e. The summed E-state index contributed by atoms with van der Waals surface area (Å²) >= 11 is 7.07. The Morgan fingerprint density at radius 2 is 1.89 bits per heavy atom. The molecule has 5 rings (SSSR count). The van der Waals surface area contributed by atoms with Crippen LogP contribution < -0.4 is 4.74 Å². The van der Waals surface area contributed by atoms with Gasteiger partial charge in [0.1, 0.15) is 15.8 Å². The summed E-state index contributed by atoms with van der Waals surface area (Å²) in [5.74, 6) is 1.36. The van der Waals surface area contributed by atoms with Gasteiger partial charge >= 0.3 is 0 Å². The van der Waals surface area contributed by atoms with Crippen molar-refractivity contribution in [1.82, 2.24) is 14.7 Å². The second kappa shape index (κ2) is 11.2. The van der Waals surface area contributed by atoms with Crippen LogP contribution in [0.2, 0.25) is 0 Å². The lowest BCUT2D eigenvalue weighted by Gasteiger charge is -2.29. The smallest absolute Gasteiger partial charge is 0.266 e. The van der Waals surface area contributed by atoms with Gasteiger partial charge in [-0.3, -0.25) is 9.69 Å². The molecule has 0 N–H and O–H groups in total. The molecule has 1 aliphatic carbocycles. The summed E-state index contributed by atoms with van der Waals surface area (Å²) in [6.45, 7) is 7.02. The van der Waals surface area contributed by atoms with Crippen LogP contribution >= 0.6 is 24.0 Å². The number of benzene rings is 2.